The average molecular weight is 339 g/mol. The highest BCUT2D eigenvalue weighted by Gasteiger charge is 2.15. The zero-order chi connectivity index (χ0) is 17.9. The highest BCUT2D eigenvalue weighted by Crippen LogP contribution is 2.25. The molecular formula is C22H17N3O. The molecule has 0 aliphatic heterocycles. The molecular weight excluding hydrogens is 322 g/mol. The van der Waals surface area contributed by atoms with E-state index < -0.39 is 0 Å². The molecule has 4 heteroatoms. The molecule has 126 valence electrons. The van der Waals surface area contributed by atoms with Crippen LogP contribution in [0.4, 0.5) is 5.82 Å². The molecule has 26 heavy (non-hydrogen) atoms. The summed E-state index contributed by atoms with van der Waals surface area (Å²) in [6.45, 7) is 1.92. The van der Waals surface area contributed by atoms with Crippen LogP contribution in [0.3, 0.4) is 0 Å². The van der Waals surface area contributed by atoms with Gasteiger partial charge in [-0.3, -0.25) is 4.79 Å². The highest BCUT2D eigenvalue weighted by molar-refractivity contribution is 6.13. The lowest BCUT2D eigenvalue weighted by Gasteiger charge is -2.11. The number of pyridine rings is 2. The number of aryl methyl sites for hydroxylation is 1. The van der Waals surface area contributed by atoms with Gasteiger partial charge in [-0.15, -0.1) is 0 Å². The fourth-order valence-corrected chi connectivity index (χ4v) is 2.91. The second-order valence-corrected chi connectivity index (χ2v) is 6.06. The number of nitrogens with zero attached hydrogens (tertiary/aromatic N) is 2. The van der Waals surface area contributed by atoms with Gasteiger partial charge < -0.3 is 5.32 Å². The van der Waals surface area contributed by atoms with Crippen LogP contribution in [0, 0.1) is 6.92 Å². The summed E-state index contributed by atoms with van der Waals surface area (Å²) in [5.74, 6) is 0.377. The van der Waals surface area contributed by atoms with Gasteiger partial charge in [0.05, 0.1) is 16.8 Å². The van der Waals surface area contributed by atoms with Crippen molar-refractivity contribution in [3.63, 3.8) is 0 Å². The van der Waals surface area contributed by atoms with Gasteiger partial charge in [-0.25, -0.2) is 9.97 Å². The third kappa shape index (κ3) is 3.05. The molecule has 0 bridgehead atoms. The SMILES string of the molecule is Cc1cccnc1NC(=O)c1cc(-c2ccccc2)nc2ccccc12. The van der Waals surface area contributed by atoms with Gasteiger partial charge in [-0.2, -0.15) is 0 Å². The van der Waals surface area contributed by atoms with Crippen LogP contribution in [-0.4, -0.2) is 15.9 Å². The van der Waals surface area contributed by atoms with E-state index in [0.29, 0.717) is 11.4 Å². The summed E-state index contributed by atoms with van der Waals surface area (Å²) >= 11 is 0. The van der Waals surface area contributed by atoms with Gasteiger partial charge in [0.2, 0.25) is 0 Å². The third-order valence-electron chi connectivity index (χ3n) is 4.27. The fraction of sp³-hybridized carbons (Fsp3) is 0.0455. The van der Waals surface area contributed by atoms with E-state index in [2.05, 4.69) is 10.3 Å². The van der Waals surface area contributed by atoms with Crippen LogP contribution in [0.2, 0.25) is 0 Å². The standard InChI is InChI=1S/C22H17N3O/c1-15-8-7-13-23-21(15)25-22(26)18-14-20(16-9-3-2-4-10-16)24-19-12-6-5-11-17(18)19/h2-14H,1H3,(H,23,25,26). The van der Waals surface area contributed by atoms with Crippen molar-refractivity contribution in [3.8, 4) is 11.3 Å². The maximum absolute atomic E-state index is 13.0. The molecule has 4 nitrogen and oxygen atoms in total. The summed E-state index contributed by atoms with van der Waals surface area (Å²) in [5.41, 5.74) is 4.03. The van der Waals surface area contributed by atoms with Crippen molar-refractivity contribution >= 4 is 22.6 Å². The molecule has 1 amide bonds. The monoisotopic (exact) mass is 339 g/mol. The van der Waals surface area contributed by atoms with E-state index >= 15 is 0 Å². The average Bonchev–Trinajstić information content (AvgIpc) is 2.69. The van der Waals surface area contributed by atoms with E-state index in [0.717, 1.165) is 27.7 Å². The number of fused-ring (bicyclic) bond motifs is 1. The predicted octanol–water partition coefficient (Wildman–Crippen LogP) is 4.86. The lowest BCUT2D eigenvalue weighted by molar-refractivity contribution is 0.102. The van der Waals surface area contributed by atoms with E-state index in [4.69, 9.17) is 4.98 Å². The Morgan fingerprint density at radius 1 is 0.923 bits per heavy atom. The van der Waals surface area contributed by atoms with Crippen LogP contribution in [0.5, 0.6) is 0 Å². The normalized spacial score (nSPS) is 10.7. The van der Waals surface area contributed by atoms with Crippen LogP contribution in [0.15, 0.2) is 79.0 Å². The minimum atomic E-state index is -0.192. The van der Waals surface area contributed by atoms with Crippen molar-refractivity contribution in [2.75, 3.05) is 5.32 Å². The number of carbonyl (C=O) groups is 1. The Hall–Kier alpha value is -3.53. The summed E-state index contributed by atoms with van der Waals surface area (Å²) in [6.07, 6.45) is 1.67. The number of rotatable bonds is 3. The molecule has 0 unspecified atom stereocenters. The Morgan fingerprint density at radius 3 is 2.50 bits per heavy atom. The third-order valence-corrected chi connectivity index (χ3v) is 4.27. The van der Waals surface area contributed by atoms with Gasteiger partial charge in [0.15, 0.2) is 0 Å². The van der Waals surface area contributed by atoms with Gasteiger partial charge >= 0.3 is 0 Å². The smallest absolute Gasteiger partial charge is 0.257 e. The highest BCUT2D eigenvalue weighted by atomic mass is 16.1. The van der Waals surface area contributed by atoms with Crippen molar-refractivity contribution in [1.29, 1.82) is 0 Å². The first-order valence-electron chi connectivity index (χ1n) is 8.40. The van der Waals surface area contributed by atoms with Crippen LogP contribution < -0.4 is 5.32 Å². The first-order chi connectivity index (χ1) is 12.7. The van der Waals surface area contributed by atoms with Crippen molar-refractivity contribution in [3.05, 3.63) is 90.1 Å². The van der Waals surface area contributed by atoms with E-state index in [1.54, 1.807) is 6.20 Å². The lowest BCUT2D eigenvalue weighted by Crippen LogP contribution is -2.15. The van der Waals surface area contributed by atoms with Crippen molar-refractivity contribution in [2.24, 2.45) is 0 Å². The summed E-state index contributed by atoms with van der Waals surface area (Å²) in [5, 5.41) is 3.74. The molecule has 0 aliphatic carbocycles. The molecule has 2 aromatic carbocycles. The molecule has 1 N–H and O–H groups in total. The van der Waals surface area contributed by atoms with Gasteiger partial charge in [-0.05, 0) is 30.7 Å². The second-order valence-electron chi connectivity index (χ2n) is 6.06. The predicted molar refractivity (Wildman–Crippen MR) is 104 cm³/mol. The molecule has 0 saturated heterocycles. The molecule has 2 heterocycles. The van der Waals surface area contributed by atoms with E-state index in [1.165, 1.54) is 0 Å². The van der Waals surface area contributed by atoms with E-state index in [9.17, 15) is 4.79 Å². The Morgan fingerprint density at radius 2 is 1.69 bits per heavy atom. The first kappa shape index (κ1) is 16.0. The Kier molecular flexibility index (Phi) is 4.15. The van der Waals surface area contributed by atoms with Crippen LogP contribution >= 0.6 is 0 Å². The number of aromatic nitrogens is 2. The number of anilines is 1. The van der Waals surface area contributed by atoms with E-state index in [1.807, 2.05) is 79.7 Å². The Bertz CT molecular complexity index is 1090. The topological polar surface area (TPSA) is 54.9 Å². The number of hydrogen-bond donors (Lipinski definition) is 1. The molecule has 0 saturated carbocycles. The molecule has 0 atom stereocenters. The van der Waals surface area contributed by atoms with Gasteiger partial charge in [0, 0.05) is 17.1 Å². The van der Waals surface area contributed by atoms with E-state index in [-0.39, 0.29) is 5.91 Å². The minimum Gasteiger partial charge on any atom is -0.306 e. The second kappa shape index (κ2) is 6.76. The number of para-hydroxylation sites is 1. The molecule has 0 radical (unpaired) electrons. The Labute approximate surface area is 151 Å². The molecule has 0 fully saturated rings. The summed E-state index contributed by atoms with van der Waals surface area (Å²) < 4.78 is 0. The molecule has 4 aromatic rings. The molecule has 2 aromatic heterocycles. The number of benzene rings is 2. The molecule has 0 spiro atoms. The number of nitrogens with one attached hydrogen (secondary N) is 1. The summed E-state index contributed by atoms with van der Waals surface area (Å²) in [4.78, 5) is 22.0. The maximum atomic E-state index is 13.0. The maximum Gasteiger partial charge on any atom is 0.257 e. The summed E-state index contributed by atoms with van der Waals surface area (Å²) in [7, 11) is 0. The van der Waals surface area contributed by atoms with Crippen LogP contribution in [-0.2, 0) is 0 Å². The lowest BCUT2D eigenvalue weighted by atomic mass is 10.0. The molecule has 0 aliphatic rings. The molecule has 4 rings (SSSR count). The van der Waals surface area contributed by atoms with Crippen molar-refractivity contribution in [1.82, 2.24) is 9.97 Å². The zero-order valence-electron chi connectivity index (χ0n) is 14.3. The van der Waals surface area contributed by atoms with Gasteiger partial charge in [0.25, 0.3) is 5.91 Å². The zero-order valence-corrected chi connectivity index (χ0v) is 14.3. The largest absolute Gasteiger partial charge is 0.306 e. The van der Waals surface area contributed by atoms with Crippen molar-refractivity contribution in [2.45, 2.75) is 6.92 Å². The van der Waals surface area contributed by atoms with Gasteiger partial charge in [-0.1, -0.05) is 54.6 Å². The fourth-order valence-electron chi connectivity index (χ4n) is 2.91. The van der Waals surface area contributed by atoms with Crippen LogP contribution in [0.25, 0.3) is 22.2 Å². The van der Waals surface area contributed by atoms with Gasteiger partial charge in [0.1, 0.15) is 5.82 Å². The minimum absolute atomic E-state index is 0.192. The quantitative estimate of drug-likeness (QED) is 0.580. The number of carbonyl (C=O) groups excluding carboxylic acids is 1. The van der Waals surface area contributed by atoms with Crippen LogP contribution in [0.1, 0.15) is 15.9 Å². The van der Waals surface area contributed by atoms with Crippen molar-refractivity contribution < 1.29 is 4.79 Å². The number of hydrogen-bond acceptors (Lipinski definition) is 3. The number of amides is 1. The first-order valence-corrected chi connectivity index (χ1v) is 8.40. The Balaban J connectivity index is 1.83. The summed E-state index contributed by atoms with van der Waals surface area (Å²) in [6, 6.07) is 23.1.